The number of carbonyl (C=O) groups excluding carboxylic acids is 1. The molecule has 0 spiro atoms. The van der Waals surface area contributed by atoms with Crippen LogP contribution >= 0.6 is 0 Å². The van der Waals surface area contributed by atoms with E-state index >= 15 is 0 Å². The quantitative estimate of drug-likeness (QED) is 0.848. The topological polar surface area (TPSA) is 49.3 Å². The highest BCUT2D eigenvalue weighted by Crippen LogP contribution is 2.12. The van der Waals surface area contributed by atoms with E-state index in [1.165, 1.54) is 0 Å². The van der Waals surface area contributed by atoms with Crippen LogP contribution in [0, 0.1) is 11.6 Å². The lowest BCUT2D eigenvalue weighted by Gasteiger charge is -2.25. The summed E-state index contributed by atoms with van der Waals surface area (Å²) in [5.41, 5.74) is -0.706. The molecule has 1 aromatic rings. The lowest BCUT2D eigenvalue weighted by molar-refractivity contribution is 0.0898. The maximum atomic E-state index is 12.9. The largest absolute Gasteiger partial charge is 0.396 e. The van der Waals surface area contributed by atoms with Crippen LogP contribution in [-0.2, 0) is 0 Å². The second kappa shape index (κ2) is 5.23. The van der Waals surface area contributed by atoms with Gasteiger partial charge in [-0.25, -0.2) is 8.78 Å². The molecule has 0 aliphatic heterocycles. The van der Waals surface area contributed by atoms with Crippen LogP contribution in [0.25, 0.3) is 0 Å². The van der Waals surface area contributed by atoms with Crippen molar-refractivity contribution in [1.82, 2.24) is 5.32 Å². The van der Waals surface area contributed by atoms with Crippen molar-refractivity contribution in [2.45, 2.75) is 25.8 Å². The molecule has 0 aliphatic carbocycles. The number of aliphatic hydroxyl groups is 1. The van der Waals surface area contributed by atoms with Gasteiger partial charge in [0.1, 0.15) is 11.6 Å². The zero-order chi connectivity index (χ0) is 13.1. The van der Waals surface area contributed by atoms with Gasteiger partial charge in [0.15, 0.2) is 0 Å². The molecule has 17 heavy (non-hydrogen) atoms. The maximum Gasteiger partial charge on any atom is 0.251 e. The van der Waals surface area contributed by atoms with Gasteiger partial charge in [-0.2, -0.15) is 0 Å². The highest BCUT2D eigenvalue weighted by molar-refractivity contribution is 5.94. The molecule has 0 atom stereocenters. The fourth-order valence-corrected chi connectivity index (χ4v) is 1.41. The molecule has 3 nitrogen and oxygen atoms in total. The predicted molar refractivity (Wildman–Crippen MR) is 59.6 cm³/mol. The van der Waals surface area contributed by atoms with Gasteiger partial charge in [-0.3, -0.25) is 4.79 Å². The third-order valence-electron chi connectivity index (χ3n) is 2.31. The second-order valence-electron chi connectivity index (χ2n) is 4.47. The smallest absolute Gasteiger partial charge is 0.251 e. The van der Waals surface area contributed by atoms with Crippen molar-refractivity contribution in [1.29, 1.82) is 0 Å². The summed E-state index contributed by atoms with van der Waals surface area (Å²) in [7, 11) is 0. The Morgan fingerprint density at radius 2 is 1.82 bits per heavy atom. The number of rotatable bonds is 4. The Morgan fingerprint density at radius 3 is 2.29 bits per heavy atom. The van der Waals surface area contributed by atoms with Gasteiger partial charge in [0.05, 0.1) is 0 Å². The van der Waals surface area contributed by atoms with E-state index in [4.69, 9.17) is 5.11 Å². The highest BCUT2D eigenvalue weighted by atomic mass is 19.1. The molecule has 0 saturated carbocycles. The average molecular weight is 243 g/mol. The Morgan fingerprint density at radius 1 is 1.29 bits per heavy atom. The minimum absolute atomic E-state index is 0.0754. The van der Waals surface area contributed by atoms with E-state index in [1.807, 2.05) is 0 Å². The minimum atomic E-state index is -0.796. The maximum absolute atomic E-state index is 12.9. The summed E-state index contributed by atoms with van der Waals surface area (Å²) in [4.78, 5) is 11.7. The van der Waals surface area contributed by atoms with Crippen LogP contribution in [-0.4, -0.2) is 23.2 Å². The molecule has 0 aliphatic rings. The number of aliphatic hydroxyl groups excluding tert-OH is 1. The van der Waals surface area contributed by atoms with Crippen molar-refractivity contribution >= 4 is 5.91 Å². The van der Waals surface area contributed by atoms with Gasteiger partial charge < -0.3 is 10.4 Å². The van der Waals surface area contributed by atoms with E-state index < -0.39 is 23.1 Å². The van der Waals surface area contributed by atoms with Crippen LogP contribution in [0.3, 0.4) is 0 Å². The van der Waals surface area contributed by atoms with Crippen LogP contribution in [0.1, 0.15) is 30.6 Å². The van der Waals surface area contributed by atoms with Gasteiger partial charge in [-0.05, 0) is 32.4 Å². The Bertz CT molecular complexity index is 399. The molecule has 1 rings (SSSR count). The van der Waals surface area contributed by atoms with Gasteiger partial charge in [0.2, 0.25) is 0 Å². The number of benzene rings is 1. The molecule has 0 radical (unpaired) electrons. The van der Waals surface area contributed by atoms with E-state index in [0.717, 1.165) is 12.1 Å². The van der Waals surface area contributed by atoms with Crippen molar-refractivity contribution in [2.24, 2.45) is 0 Å². The fraction of sp³-hybridized carbons (Fsp3) is 0.417. The third kappa shape index (κ3) is 4.11. The average Bonchev–Trinajstić information content (AvgIpc) is 2.14. The molecule has 0 unspecified atom stereocenters. The first kappa shape index (κ1) is 13.6. The number of nitrogens with one attached hydrogen (secondary N) is 1. The summed E-state index contributed by atoms with van der Waals surface area (Å²) < 4.78 is 25.8. The molecule has 94 valence electrons. The molecule has 0 fully saturated rings. The molecule has 0 heterocycles. The van der Waals surface area contributed by atoms with E-state index in [-0.39, 0.29) is 12.2 Å². The van der Waals surface area contributed by atoms with E-state index in [9.17, 15) is 13.6 Å². The van der Waals surface area contributed by atoms with Crippen molar-refractivity contribution in [3.05, 3.63) is 35.4 Å². The van der Waals surface area contributed by atoms with Crippen molar-refractivity contribution in [3.63, 3.8) is 0 Å². The normalized spacial score (nSPS) is 11.4. The number of hydrogen-bond donors (Lipinski definition) is 2. The molecule has 0 aromatic heterocycles. The van der Waals surface area contributed by atoms with Gasteiger partial charge in [-0.1, -0.05) is 0 Å². The summed E-state index contributed by atoms with van der Waals surface area (Å²) in [6.07, 6.45) is 0.358. The summed E-state index contributed by atoms with van der Waals surface area (Å²) in [5.74, 6) is -2.16. The molecule has 2 N–H and O–H groups in total. The second-order valence-corrected chi connectivity index (χ2v) is 4.47. The Labute approximate surface area is 98.5 Å². The van der Waals surface area contributed by atoms with E-state index in [2.05, 4.69) is 5.32 Å². The summed E-state index contributed by atoms with van der Waals surface area (Å²) in [6.45, 7) is 3.36. The molecule has 5 heteroatoms. The van der Waals surface area contributed by atoms with Gasteiger partial charge in [-0.15, -0.1) is 0 Å². The Balaban J connectivity index is 2.83. The standard InChI is InChI=1S/C12H15F2NO2/c1-12(2,3-4-16)15-11(17)8-5-9(13)7-10(14)6-8/h5-7,16H,3-4H2,1-2H3,(H,15,17). The summed E-state index contributed by atoms with van der Waals surface area (Å²) in [5, 5.41) is 11.4. The molecule has 0 saturated heterocycles. The SMILES string of the molecule is CC(C)(CCO)NC(=O)c1cc(F)cc(F)c1. The van der Waals surface area contributed by atoms with E-state index in [1.54, 1.807) is 13.8 Å². The number of amides is 1. The lowest BCUT2D eigenvalue weighted by Crippen LogP contribution is -2.44. The Kier molecular flexibility index (Phi) is 4.17. The van der Waals surface area contributed by atoms with Crippen LogP contribution in [0.15, 0.2) is 18.2 Å². The van der Waals surface area contributed by atoms with Crippen LogP contribution in [0.4, 0.5) is 8.78 Å². The molecular weight excluding hydrogens is 228 g/mol. The van der Waals surface area contributed by atoms with E-state index in [0.29, 0.717) is 12.5 Å². The lowest BCUT2D eigenvalue weighted by atomic mass is 10.0. The van der Waals surface area contributed by atoms with Crippen LogP contribution in [0.2, 0.25) is 0 Å². The monoisotopic (exact) mass is 243 g/mol. The molecule has 1 aromatic carbocycles. The number of halogens is 2. The number of hydrogen-bond acceptors (Lipinski definition) is 2. The molecule has 0 bridgehead atoms. The zero-order valence-corrected chi connectivity index (χ0v) is 9.76. The first-order valence-electron chi connectivity index (χ1n) is 5.23. The molecular formula is C12H15F2NO2. The van der Waals surface area contributed by atoms with Crippen molar-refractivity contribution in [2.75, 3.05) is 6.61 Å². The van der Waals surface area contributed by atoms with Gasteiger partial charge in [0, 0.05) is 23.8 Å². The fourth-order valence-electron chi connectivity index (χ4n) is 1.41. The van der Waals surface area contributed by atoms with Crippen LogP contribution < -0.4 is 5.32 Å². The van der Waals surface area contributed by atoms with Gasteiger partial charge >= 0.3 is 0 Å². The van der Waals surface area contributed by atoms with Crippen molar-refractivity contribution < 1.29 is 18.7 Å². The van der Waals surface area contributed by atoms with Gasteiger partial charge in [0.25, 0.3) is 5.91 Å². The first-order valence-corrected chi connectivity index (χ1v) is 5.23. The minimum Gasteiger partial charge on any atom is -0.396 e. The van der Waals surface area contributed by atoms with Crippen LogP contribution in [0.5, 0.6) is 0 Å². The summed E-state index contributed by atoms with van der Waals surface area (Å²) in [6, 6.07) is 2.64. The highest BCUT2D eigenvalue weighted by Gasteiger charge is 2.21. The Hall–Kier alpha value is -1.49. The molecule has 1 amide bonds. The first-order chi connectivity index (χ1) is 7.84. The summed E-state index contributed by atoms with van der Waals surface area (Å²) >= 11 is 0. The third-order valence-corrected chi connectivity index (χ3v) is 2.31. The van der Waals surface area contributed by atoms with Crippen molar-refractivity contribution in [3.8, 4) is 0 Å². The zero-order valence-electron chi connectivity index (χ0n) is 9.76. The predicted octanol–water partition coefficient (Wildman–Crippen LogP) is 1.86. The number of carbonyl (C=O) groups is 1.